The number of likely N-dealkylation sites (tertiary alicyclic amines) is 1. The number of carbonyl (C=O) groups excluding carboxylic acids is 2. The molecule has 4 aliphatic rings. The lowest BCUT2D eigenvalue weighted by Crippen LogP contribution is -2.58. The second-order valence-corrected chi connectivity index (χ2v) is 15.2. The molecule has 4 heterocycles. The molecule has 0 spiro atoms. The predicted molar refractivity (Wildman–Crippen MR) is 186 cm³/mol. The number of aliphatic hydroxyl groups is 1. The van der Waals surface area contributed by atoms with Crippen LogP contribution in [0.4, 0.5) is 0 Å². The number of nitrogens with zero attached hydrogens (tertiary/aromatic N) is 5. The summed E-state index contributed by atoms with van der Waals surface area (Å²) in [6, 6.07) is 15.1. The summed E-state index contributed by atoms with van der Waals surface area (Å²) in [7, 11) is 0. The zero-order valence-corrected chi connectivity index (χ0v) is 29.4. The molecule has 4 aliphatic heterocycles. The number of hydrogen-bond donors (Lipinski definition) is 1. The molecule has 0 saturated carbocycles. The van der Waals surface area contributed by atoms with Gasteiger partial charge in [-0.15, -0.1) is 0 Å². The normalized spacial score (nSPS) is 28.4. The molecule has 2 aromatic carbocycles. The van der Waals surface area contributed by atoms with Crippen molar-refractivity contribution in [2.24, 2.45) is 10.9 Å². The lowest BCUT2D eigenvalue weighted by molar-refractivity contribution is -0.145. The van der Waals surface area contributed by atoms with E-state index >= 15 is 0 Å². The molecule has 6 rings (SSSR count). The van der Waals surface area contributed by atoms with Crippen LogP contribution < -0.4 is 0 Å². The third-order valence-electron chi connectivity index (χ3n) is 10.0. The van der Waals surface area contributed by atoms with E-state index in [1.165, 1.54) is 11.8 Å². The topological polar surface area (TPSA) is 79.7 Å². The van der Waals surface area contributed by atoms with E-state index in [0.717, 1.165) is 35.0 Å². The van der Waals surface area contributed by atoms with E-state index in [9.17, 15) is 14.7 Å². The van der Waals surface area contributed by atoms with Gasteiger partial charge in [0.1, 0.15) is 16.5 Å². The molecular formula is C35H43Cl2N5O3S. The van der Waals surface area contributed by atoms with Crippen molar-refractivity contribution >= 4 is 51.9 Å². The number of amidine groups is 1. The Morgan fingerprint density at radius 1 is 1.00 bits per heavy atom. The summed E-state index contributed by atoms with van der Waals surface area (Å²) >= 11 is 14.0. The van der Waals surface area contributed by atoms with Gasteiger partial charge >= 0.3 is 0 Å². The average molecular weight is 685 g/mol. The molecule has 0 aromatic heterocycles. The van der Waals surface area contributed by atoms with E-state index in [1.807, 2.05) is 58.3 Å². The van der Waals surface area contributed by atoms with Crippen LogP contribution in [-0.2, 0) is 15.1 Å². The van der Waals surface area contributed by atoms with Gasteiger partial charge in [-0.05, 0) is 86.7 Å². The number of aliphatic hydroxyl groups excluding tert-OH is 1. The second kappa shape index (κ2) is 13.2. The largest absolute Gasteiger partial charge is 0.395 e. The molecule has 0 aliphatic carbocycles. The van der Waals surface area contributed by atoms with Gasteiger partial charge in [0.2, 0.25) is 5.91 Å². The number of thioether (sulfide) groups is 1. The molecule has 0 radical (unpaired) electrons. The average Bonchev–Trinajstić information content (AvgIpc) is 3.67. The number of fused-ring (bicyclic) bond motifs is 1. The van der Waals surface area contributed by atoms with Crippen LogP contribution >= 0.6 is 35.0 Å². The van der Waals surface area contributed by atoms with Crippen LogP contribution in [0.25, 0.3) is 0 Å². The summed E-state index contributed by atoms with van der Waals surface area (Å²) in [5, 5.41) is 11.5. The van der Waals surface area contributed by atoms with E-state index in [1.54, 1.807) is 0 Å². The molecule has 11 heteroatoms. The molecule has 8 nitrogen and oxygen atoms in total. The van der Waals surface area contributed by atoms with Crippen molar-refractivity contribution in [1.82, 2.24) is 19.6 Å². The Bertz CT molecular complexity index is 1550. The van der Waals surface area contributed by atoms with Crippen molar-refractivity contribution in [2.75, 3.05) is 32.8 Å². The summed E-state index contributed by atoms with van der Waals surface area (Å²) in [5.41, 5.74) is 2.36. The fourth-order valence-electron chi connectivity index (χ4n) is 7.62. The highest BCUT2D eigenvalue weighted by molar-refractivity contribution is 8.18. The third kappa shape index (κ3) is 5.87. The minimum Gasteiger partial charge on any atom is -0.395 e. The Morgan fingerprint density at radius 3 is 2.26 bits per heavy atom. The Kier molecular flexibility index (Phi) is 9.53. The van der Waals surface area contributed by atoms with Crippen molar-refractivity contribution in [3.8, 4) is 0 Å². The summed E-state index contributed by atoms with van der Waals surface area (Å²) < 4.78 is 0. The van der Waals surface area contributed by atoms with Crippen molar-refractivity contribution in [3.63, 3.8) is 0 Å². The molecule has 2 saturated heterocycles. The second-order valence-electron chi connectivity index (χ2n) is 13.4. The van der Waals surface area contributed by atoms with Crippen molar-refractivity contribution in [2.45, 2.75) is 77.2 Å². The predicted octanol–water partition coefficient (Wildman–Crippen LogP) is 6.14. The van der Waals surface area contributed by atoms with E-state index in [2.05, 4.69) is 44.4 Å². The molecule has 2 aromatic rings. The standard InChI is InChI=1S/C35H43Cl2N5O3S/c1-21(2)29-30(33(45)41-22(3)6-15-28(41)32(44)40-17-16-39(18-19-43)23(4)20-40)46-34-38-35(5,25-9-13-27(37)14-10-25)31(42(29)34)24-7-11-26(36)12-8-24/h7-14,21-23,28,31,43H,6,15-20H2,1-5H3/t22-,23-,28+,31-,35+/m1/s1. The van der Waals surface area contributed by atoms with Gasteiger partial charge in [-0.2, -0.15) is 0 Å². The van der Waals surface area contributed by atoms with Gasteiger partial charge in [-0.25, -0.2) is 4.99 Å². The number of halogens is 2. The van der Waals surface area contributed by atoms with Crippen molar-refractivity contribution < 1.29 is 14.7 Å². The highest BCUT2D eigenvalue weighted by Gasteiger charge is 2.54. The Labute approximate surface area is 286 Å². The van der Waals surface area contributed by atoms with Crippen LogP contribution in [0, 0.1) is 5.92 Å². The maximum Gasteiger partial charge on any atom is 0.263 e. The zero-order chi connectivity index (χ0) is 32.9. The molecule has 2 fully saturated rings. The maximum absolute atomic E-state index is 14.7. The van der Waals surface area contributed by atoms with Gasteiger partial charge in [0.05, 0.1) is 12.6 Å². The third-order valence-corrected chi connectivity index (χ3v) is 11.6. The van der Waals surface area contributed by atoms with Gasteiger partial charge in [-0.1, -0.05) is 61.3 Å². The minimum absolute atomic E-state index is 0.0223. The number of β-amino-alcohol motifs (C(OH)–C–C–N with tert-alkyl or cyclic N) is 1. The first-order valence-electron chi connectivity index (χ1n) is 16.2. The van der Waals surface area contributed by atoms with Gasteiger partial charge in [-0.3, -0.25) is 14.5 Å². The quantitative estimate of drug-likeness (QED) is 0.378. The fourth-order valence-corrected chi connectivity index (χ4v) is 9.22. The summed E-state index contributed by atoms with van der Waals surface area (Å²) in [6.45, 7) is 13.1. The number of carbonyl (C=O) groups is 2. The molecule has 2 amide bonds. The summed E-state index contributed by atoms with van der Waals surface area (Å²) in [4.78, 5) is 42.9. The molecule has 0 bridgehead atoms. The molecule has 1 N–H and O–H groups in total. The first-order chi connectivity index (χ1) is 21.9. The number of amides is 2. The van der Waals surface area contributed by atoms with Crippen LogP contribution in [-0.4, -0.2) is 92.6 Å². The van der Waals surface area contributed by atoms with Crippen LogP contribution in [0.1, 0.15) is 64.6 Å². The Morgan fingerprint density at radius 2 is 1.65 bits per heavy atom. The van der Waals surface area contributed by atoms with Gasteiger partial charge in [0.25, 0.3) is 5.91 Å². The minimum atomic E-state index is -0.649. The Balaban J connectivity index is 1.35. The summed E-state index contributed by atoms with van der Waals surface area (Å²) in [5.74, 6) is -0.0479. The van der Waals surface area contributed by atoms with Gasteiger partial charge in [0, 0.05) is 54.0 Å². The van der Waals surface area contributed by atoms with Crippen LogP contribution in [0.3, 0.4) is 0 Å². The van der Waals surface area contributed by atoms with Gasteiger partial charge in [0.15, 0.2) is 5.17 Å². The van der Waals surface area contributed by atoms with Gasteiger partial charge < -0.3 is 19.8 Å². The lowest BCUT2D eigenvalue weighted by atomic mass is 9.81. The fraction of sp³-hybridized carbons (Fsp3) is 0.514. The first kappa shape index (κ1) is 33.3. The van der Waals surface area contributed by atoms with E-state index in [4.69, 9.17) is 28.2 Å². The number of aliphatic imine (C=N–C) groups is 1. The van der Waals surface area contributed by atoms with Crippen LogP contribution in [0.15, 0.2) is 64.1 Å². The molecule has 46 heavy (non-hydrogen) atoms. The lowest BCUT2D eigenvalue weighted by Gasteiger charge is -2.41. The number of hydrogen-bond acceptors (Lipinski definition) is 7. The van der Waals surface area contributed by atoms with Crippen LogP contribution in [0.5, 0.6) is 0 Å². The van der Waals surface area contributed by atoms with Crippen LogP contribution in [0.2, 0.25) is 10.0 Å². The highest BCUT2D eigenvalue weighted by atomic mass is 35.5. The van der Waals surface area contributed by atoms with Crippen molar-refractivity contribution in [3.05, 3.63) is 80.3 Å². The monoisotopic (exact) mass is 683 g/mol. The van der Waals surface area contributed by atoms with E-state index in [0.29, 0.717) is 41.0 Å². The smallest absolute Gasteiger partial charge is 0.263 e. The maximum atomic E-state index is 14.7. The zero-order valence-electron chi connectivity index (χ0n) is 27.1. The number of benzene rings is 2. The summed E-state index contributed by atoms with van der Waals surface area (Å²) in [6.07, 6.45) is 1.43. The number of piperazine rings is 1. The molecule has 5 atom stereocenters. The number of rotatable bonds is 7. The number of allylic oxidation sites excluding steroid dienone is 1. The molecule has 246 valence electrons. The Hall–Kier alpha value is -2.56. The molecular weight excluding hydrogens is 641 g/mol. The van der Waals surface area contributed by atoms with Crippen molar-refractivity contribution in [1.29, 1.82) is 0 Å². The highest BCUT2D eigenvalue weighted by Crippen LogP contribution is 2.56. The van der Waals surface area contributed by atoms with E-state index in [-0.39, 0.29) is 42.5 Å². The van der Waals surface area contributed by atoms with E-state index < -0.39 is 11.6 Å². The molecule has 0 unspecified atom stereocenters. The first-order valence-corrected chi connectivity index (χ1v) is 17.8. The SMILES string of the molecule is CC(C)C1=C(C(=O)N2[C@H](C)CC[C@H]2C(=O)N2CCN(CCO)[C@H](C)C2)SC2=N[C@@](C)(c3ccc(Cl)cc3)[C@@H](c3ccc(Cl)cc3)N21.